The number of esters is 2. The number of fused-ring (bicyclic) bond motifs is 2. The molecule has 0 bridgehead atoms. The van der Waals surface area contributed by atoms with Crippen molar-refractivity contribution in [2.24, 2.45) is 5.92 Å². The van der Waals surface area contributed by atoms with Crippen molar-refractivity contribution in [3.05, 3.63) is 52.4 Å². The molecule has 1 unspecified atom stereocenters. The maximum Gasteiger partial charge on any atom is 0.339 e. The molecular weight excluding hydrogens is 398 g/mol. The number of nitrogens with one attached hydrogen (secondary N) is 2. The Morgan fingerprint density at radius 2 is 2.00 bits per heavy atom. The van der Waals surface area contributed by atoms with Crippen molar-refractivity contribution in [3.8, 4) is 0 Å². The summed E-state index contributed by atoms with van der Waals surface area (Å²) in [6, 6.07) is 7.06. The highest BCUT2D eigenvalue weighted by molar-refractivity contribution is 6.05. The van der Waals surface area contributed by atoms with Gasteiger partial charge in [-0.3, -0.25) is 4.98 Å². The fraction of sp³-hybridized carbons (Fsp3) is 0.391. The van der Waals surface area contributed by atoms with Crippen LogP contribution in [0.1, 0.15) is 41.9 Å². The molecule has 31 heavy (non-hydrogen) atoms. The molecule has 162 valence electrons. The van der Waals surface area contributed by atoms with E-state index in [0.29, 0.717) is 11.5 Å². The Morgan fingerprint density at radius 1 is 1.19 bits per heavy atom. The lowest BCUT2D eigenvalue weighted by molar-refractivity contribution is -0.138. The standard InChI is InChI=1S/C23H25N3O5/c1-3-30-21(27)16-11-24-23(29)26-19(16)12-31-22(28)20-14-6-4-5-7-17(14)25-18-9-8-13(2)10-15(18)20/h4-7,13H,3,8-12H2,1-2H3,(H2,24,26,29). The van der Waals surface area contributed by atoms with E-state index in [0.717, 1.165) is 41.4 Å². The van der Waals surface area contributed by atoms with Gasteiger partial charge >= 0.3 is 18.0 Å². The molecule has 4 rings (SSSR count). The van der Waals surface area contributed by atoms with Crippen molar-refractivity contribution in [2.45, 2.75) is 33.1 Å². The minimum Gasteiger partial charge on any atom is -0.463 e. The predicted octanol–water partition coefficient (Wildman–Crippen LogP) is 2.65. The average molecular weight is 423 g/mol. The van der Waals surface area contributed by atoms with Crippen molar-refractivity contribution in [3.63, 3.8) is 0 Å². The second-order valence-electron chi connectivity index (χ2n) is 7.84. The van der Waals surface area contributed by atoms with Gasteiger partial charge in [-0.2, -0.15) is 0 Å². The lowest BCUT2D eigenvalue weighted by atomic mass is 9.84. The van der Waals surface area contributed by atoms with Crippen LogP contribution in [-0.4, -0.2) is 42.7 Å². The Bertz CT molecular complexity index is 1090. The highest BCUT2D eigenvalue weighted by Gasteiger charge is 2.28. The number of para-hydroxylation sites is 1. The Balaban J connectivity index is 1.66. The first-order valence-corrected chi connectivity index (χ1v) is 10.5. The molecule has 1 aliphatic heterocycles. The quantitative estimate of drug-likeness (QED) is 0.716. The summed E-state index contributed by atoms with van der Waals surface area (Å²) in [5.41, 5.74) is 3.61. The van der Waals surface area contributed by atoms with E-state index in [4.69, 9.17) is 14.5 Å². The van der Waals surface area contributed by atoms with Gasteiger partial charge < -0.3 is 20.1 Å². The number of rotatable bonds is 5. The highest BCUT2D eigenvalue weighted by atomic mass is 16.5. The summed E-state index contributed by atoms with van der Waals surface area (Å²) in [5.74, 6) is -0.599. The Morgan fingerprint density at radius 3 is 2.81 bits per heavy atom. The fourth-order valence-electron chi connectivity index (χ4n) is 4.07. The van der Waals surface area contributed by atoms with Gasteiger partial charge in [-0.25, -0.2) is 14.4 Å². The molecule has 2 aliphatic rings. The van der Waals surface area contributed by atoms with Crippen LogP contribution in [0.25, 0.3) is 10.9 Å². The molecule has 1 aromatic heterocycles. The third-order valence-corrected chi connectivity index (χ3v) is 5.63. The first kappa shape index (κ1) is 20.8. The fourth-order valence-corrected chi connectivity index (χ4v) is 4.07. The second kappa shape index (κ2) is 8.75. The smallest absolute Gasteiger partial charge is 0.339 e. The van der Waals surface area contributed by atoms with Gasteiger partial charge in [-0.15, -0.1) is 0 Å². The molecule has 0 radical (unpaired) electrons. The molecule has 2 amide bonds. The van der Waals surface area contributed by atoms with E-state index in [1.165, 1.54) is 0 Å². The van der Waals surface area contributed by atoms with Gasteiger partial charge in [0.05, 0.1) is 35.5 Å². The van der Waals surface area contributed by atoms with Crippen molar-refractivity contribution in [2.75, 3.05) is 19.8 Å². The van der Waals surface area contributed by atoms with Gasteiger partial charge in [-0.1, -0.05) is 25.1 Å². The maximum atomic E-state index is 13.2. The number of urea groups is 1. The first-order valence-electron chi connectivity index (χ1n) is 10.5. The molecule has 0 fully saturated rings. The normalized spacial score (nSPS) is 18.1. The topological polar surface area (TPSA) is 107 Å². The number of aryl methyl sites for hydroxylation is 1. The summed E-state index contributed by atoms with van der Waals surface area (Å²) in [6.45, 7) is 3.85. The van der Waals surface area contributed by atoms with E-state index >= 15 is 0 Å². The lowest BCUT2D eigenvalue weighted by Gasteiger charge is -2.24. The van der Waals surface area contributed by atoms with Gasteiger partial charge in [0.15, 0.2) is 0 Å². The Labute approximate surface area is 180 Å². The molecular formula is C23H25N3O5. The molecule has 8 nitrogen and oxygen atoms in total. The van der Waals surface area contributed by atoms with Gasteiger partial charge in [0.25, 0.3) is 0 Å². The van der Waals surface area contributed by atoms with E-state index in [-0.39, 0.29) is 31.0 Å². The molecule has 2 N–H and O–H groups in total. The van der Waals surface area contributed by atoms with E-state index < -0.39 is 18.0 Å². The molecule has 2 heterocycles. The number of pyridine rings is 1. The number of hydrogen-bond donors (Lipinski definition) is 2. The number of carbonyl (C=O) groups excluding carboxylic acids is 3. The van der Waals surface area contributed by atoms with Crippen molar-refractivity contribution >= 4 is 28.9 Å². The minimum absolute atomic E-state index is 0.0165. The number of benzene rings is 1. The summed E-state index contributed by atoms with van der Waals surface area (Å²) in [4.78, 5) is 42.0. The van der Waals surface area contributed by atoms with E-state index in [2.05, 4.69) is 17.6 Å². The molecule has 0 spiro atoms. The largest absolute Gasteiger partial charge is 0.463 e. The van der Waals surface area contributed by atoms with E-state index in [1.54, 1.807) is 6.92 Å². The third kappa shape index (κ3) is 4.23. The number of aromatic nitrogens is 1. The number of nitrogens with zero attached hydrogens (tertiary/aromatic N) is 1. The van der Waals surface area contributed by atoms with Gasteiger partial charge in [0.1, 0.15) is 6.61 Å². The zero-order valence-electron chi connectivity index (χ0n) is 17.6. The van der Waals surface area contributed by atoms with E-state index in [9.17, 15) is 14.4 Å². The van der Waals surface area contributed by atoms with Crippen LogP contribution in [0.4, 0.5) is 4.79 Å². The molecule has 0 saturated heterocycles. The zero-order chi connectivity index (χ0) is 22.0. The van der Waals surface area contributed by atoms with Crippen LogP contribution in [0.5, 0.6) is 0 Å². The second-order valence-corrected chi connectivity index (χ2v) is 7.84. The summed E-state index contributed by atoms with van der Waals surface area (Å²) < 4.78 is 10.7. The van der Waals surface area contributed by atoms with Crippen LogP contribution in [0.2, 0.25) is 0 Å². The van der Waals surface area contributed by atoms with E-state index in [1.807, 2.05) is 24.3 Å². The van der Waals surface area contributed by atoms with Crippen molar-refractivity contribution in [1.82, 2.24) is 15.6 Å². The SMILES string of the molecule is CCOC(=O)C1=C(COC(=O)c2c3c(nc4ccccc24)CCC(C)C3)NC(=O)NC1. The maximum absolute atomic E-state index is 13.2. The van der Waals surface area contributed by atoms with Crippen LogP contribution < -0.4 is 10.6 Å². The van der Waals surface area contributed by atoms with Crippen molar-refractivity contribution in [1.29, 1.82) is 0 Å². The van der Waals surface area contributed by atoms with Crippen LogP contribution in [0.15, 0.2) is 35.5 Å². The average Bonchev–Trinajstić information content (AvgIpc) is 2.76. The van der Waals surface area contributed by atoms with Gasteiger partial charge in [0.2, 0.25) is 0 Å². The third-order valence-electron chi connectivity index (χ3n) is 5.63. The molecule has 1 aromatic carbocycles. The van der Waals surface area contributed by atoms with Crippen LogP contribution in [0.3, 0.4) is 0 Å². The van der Waals surface area contributed by atoms with Gasteiger partial charge in [-0.05, 0) is 43.7 Å². The molecule has 1 aliphatic carbocycles. The molecule has 2 aromatic rings. The van der Waals surface area contributed by atoms with Gasteiger partial charge in [0, 0.05) is 11.1 Å². The number of hydrogen-bond acceptors (Lipinski definition) is 6. The Hall–Kier alpha value is -3.42. The molecule has 0 saturated carbocycles. The zero-order valence-corrected chi connectivity index (χ0v) is 17.6. The summed E-state index contributed by atoms with van der Waals surface area (Å²) >= 11 is 0. The molecule has 8 heteroatoms. The Kier molecular flexibility index (Phi) is 5.88. The summed E-state index contributed by atoms with van der Waals surface area (Å²) in [6.07, 6.45) is 2.61. The van der Waals surface area contributed by atoms with Crippen molar-refractivity contribution < 1.29 is 23.9 Å². The molecule has 1 atom stereocenters. The number of amides is 2. The lowest BCUT2D eigenvalue weighted by Crippen LogP contribution is -2.45. The number of carbonyl (C=O) groups is 3. The number of ether oxygens (including phenoxy) is 2. The predicted molar refractivity (Wildman–Crippen MR) is 113 cm³/mol. The summed E-state index contributed by atoms with van der Waals surface area (Å²) in [5, 5.41) is 5.84. The minimum atomic E-state index is -0.554. The highest BCUT2D eigenvalue weighted by Crippen LogP contribution is 2.32. The van der Waals surface area contributed by atoms with Crippen LogP contribution >= 0.6 is 0 Å². The monoisotopic (exact) mass is 423 g/mol. The van der Waals surface area contributed by atoms with Crippen LogP contribution in [0, 0.1) is 5.92 Å². The summed E-state index contributed by atoms with van der Waals surface area (Å²) in [7, 11) is 0. The first-order chi connectivity index (χ1) is 15.0. The van der Waals surface area contributed by atoms with Crippen LogP contribution in [-0.2, 0) is 27.1 Å².